The Hall–Kier alpha value is -1.00. The van der Waals surface area contributed by atoms with Crippen molar-refractivity contribution in [2.45, 2.75) is 39.3 Å². The Morgan fingerprint density at radius 2 is 1.74 bits per heavy atom. The van der Waals surface area contributed by atoms with E-state index in [1.165, 1.54) is 18.2 Å². The lowest BCUT2D eigenvalue weighted by molar-refractivity contribution is 0.141. The number of halogens is 2. The van der Waals surface area contributed by atoms with Crippen molar-refractivity contribution in [3.8, 4) is 0 Å². The van der Waals surface area contributed by atoms with Crippen LogP contribution in [0.3, 0.4) is 0 Å². The lowest BCUT2D eigenvalue weighted by Gasteiger charge is -2.26. The molecule has 0 aliphatic rings. The highest BCUT2D eigenvalue weighted by molar-refractivity contribution is 5.20. The maximum absolute atomic E-state index is 13.6. The minimum atomic E-state index is -0.485. The molecular weight excluding hydrogens is 248 g/mol. The molecule has 108 valence electrons. The Kier molecular flexibility index (Phi) is 6.38. The van der Waals surface area contributed by atoms with Crippen molar-refractivity contribution in [2.75, 3.05) is 13.7 Å². The van der Waals surface area contributed by atoms with E-state index in [1.54, 1.807) is 7.11 Å². The van der Waals surface area contributed by atoms with E-state index < -0.39 is 11.6 Å². The van der Waals surface area contributed by atoms with Crippen molar-refractivity contribution in [3.63, 3.8) is 0 Å². The minimum Gasteiger partial charge on any atom is -0.383 e. The average molecular weight is 271 g/mol. The molecule has 1 N–H and O–H groups in total. The molecule has 0 fully saturated rings. The lowest BCUT2D eigenvalue weighted by atomic mass is 10.0. The van der Waals surface area contributed by atoms with Gasteiger partial charge in [0.1, 0.15) is 11.6 Å². The molecule has 0 saturated carbocycles. The predicted molar refractivity (Wildman–Crippen MR) is 73.2 cm³/mol. The van der Waals surface area contributed by atoms with Crippen molar-refractivity contribution < 1.29 is 13.5 Å². The molecule has 19 heavy (non-hydrogen) atoms. The van der Waals surface area contributed by atoms with Gasteiger partial charge >= 0.3 is 0 Å². The molecule has 0 aromatic heterocycles. The third-order valence-corrected chi connectivity index (χ3v) is 3.22. The summed E-state index contributed by atoms with van der Waals surface area (Å²) in [6, 6.07) is 4.12. The number of hydrogen-bond acceptors (Lipinski definition) is 2. The van der Waals surface area contributed by atoms with Gasteiger partial charge in [0.25, 0.3) is 0 Å². The van der Waals surface area contributed by atoms with Gasteiger partial charge in [-0.15, -0.1) is 0 Å². The standard InChI is InChI=1S/C15H23F2NO/c1-10(2)15(9-19-4)18-11(3)8-12-13(16)6-5-7-14(12)17/h5-7,10-11,15,18H,8-9H2,1-4H3. The smallest absolute Gasteiger partial charge is 0.129 e. The third kappa shape index (κ3) is 4.88. The molecule has 0 saturated heterocycles. The molecule has 0 amide bonds. The van der Waals surface area contributed by atoms with E-state index in [-0.39, 0.29) is 17.6 Å². The molecular formula is C15H23F2NO. The quantitative estimate of drug-likeness (QED) is 0.822. The van der Waals surface area contributed by atoms with Gasteiger partial charge in [0, 0.05) is 24.8 Å². The van der Waals surface area contributed by atoms with E-state index >= 15 is 0 Å². The first-order valence-corrected chi connectivity index (χ1v) is 6.63. The van der Waals surface area contributed by atoms with Crippen LogP contribution in [0.2, 0.25) is 0 Å². The monoisotopic (exact) mass is 271 g/mol. The van der Waals surface area contributed by atoms with Gasteiger partial charge in [-0.25, -0.2) is 8.78 Å². The number of ether oxygens (including phenoxy) is 1. The van der Waals surface area contributed by atoms with Crippen molar-refractivity contribution in [1.29, 1.82) is 0 Å². The van der Waals surface area contributed by atoms with Gasteiger partial charge in [0.2, 0.25) is 0 Å². The highest BCUT2D eigenvalue weighted by Crippen LogP contribution is 2.15. The molecule has 0 radical (unpaired) electrons. The molecule has 2 atom stereocenters. The van der Waals surface area contributed by atoms with Gasteiger partial charge in [0.15, 0.2) is 0 Å². The maximum Gasteiger partial charge on any atom is 0.129 e. The van der Waals surface area contributed by atoms with Crippen LogP contribution in [-0.4, -0.2) is 25.8 Å². The summed E-state index contributed by atoms with van der Waals surface area (Å²) in [5.74, 6) is -0.573. The number of benzene rings is 1. The van der Waals surface area contributed by atoms with E-state index in [4.69, 9.17) is 4.74 Å². The summed E-state index contributed by atoms with van der Waals surface area (Å²) < 4.78 is 32.3. The first kappa shape index (κ1) is 16.1. The zero-order valence-corrected chi connectivity index (χ0v) is 12.0. The Balaban J connectivity index is 2.66. The van der Waals surface area contributed by atoms with Gasteiger partial charge in [-0.3, -0.25) is 0 Å². The second-order valence-electron chi connectivity index (χ2n) is 5.28. The van der Waals surface area contributed by atoms with Crippen LogP contribution in [0.15, 0.2) is 18.2 Å². The fourth-order valence-electron chi connectivity index (χ4n) is 2.07. The fraction of sp³-hybridized carbons (Fsp3) is 0.600. The van der Waals surface area contributed by atoms with Crippen LogP contribution < -0.4 is 5.32 Å². The zero-order valence-electron chi connectivity index (χ0n) is 12.0. The molecule has 4 heteroatoms. The highest BCUT2D eigenvalue weighted by atomic mass is 19.1. The second kappa shape index (κ2) is 7.56. The van der Waals surface area contributed by atoms with E-state index in [0.717, 1.165) is 0 Å². The van der Waals surface area contributed by atoms with Crippen LogP contribution in [0.5, 0.6) is 0 Å². The van der Waals surface area contributed by atoms with Crippen LogP contribution in [0.4, 0.5) is 8.78 Å². The number of methoxy groups -OCH3 is 1. The van der Waals surface area contributed by atoms with Gasteiger partial charge in [-0.05, 0) is 31.4 Å². The Labute approximate surface area is 114 Å². The maximum atomic E-state index is 13.6. The van der Waals surface area contributed by atoms with Crippen molar-refractivity contribution in [1.82, 2.24) is 5.32 Å². The molecule has 1 aromatic carbocycles. The summed E-state index contributed by atoms with van der Waals surface area (Å²) in [6.45, 7) is 6.69. The molecule has 1 rings (SSSR count). The third-order valence-electron chi connectivity index (χ3n) is 3.22. The summed E-state index contributed by atoms with van der Waals surface area (Å²) in [4.78, 5) is 0. The van der Waals surface area contributed by atoms with Crippen LogP contribution in [0, 0.1) is 17.6 Å². The van der Waals surface area contributed by atoms with Gasteiger partial charge < -0.3 is 10.1 Å². The summed E-state index contributed by atoms with van der Waals surface area (Å²) in [6.07, 6.45) is 0.325. The average Bonchev–Trinajstić information content (AvgIpc) is 2.33. The van der Waals surface area contributed by atoms with Gasteiger partial charge in [-0.2, -0.15) is 0 Å². The van der Waals surface area contributed by atoms with E-state index in [2.05, 4.69) is 19.2 Å². The predicted octanol–water partition coefficient (Wildman–Crippen LogP) is 3.16. The number of hydrogen-bond donors (Lipinski definition) is 1. The first-order valence-electron chi connectivity index (χ1n) is 6.63. The highest BCUT2D eigenvalue weighted by Gasteiger charge is 2.18. The topological polar surface area (TPSA) is 21.3 Å². The van der Waals surface area contributed by atoms with Gasteiger partial charge in [0.05, 0.1) is 6.61 Å². The SMILES string of the molecule is COCC(NC(C)Cc1c(F)cccc1F)C(C)C. The van der Waals surface area contributed by atoms with Crippen molar-refractivity contribution >= 4 is 0 Å². The van der Waals surface area contributed by atoms with Crippen molar-refractivity contribution in [3.05, 3.63) is 35.4 Å². The Morgan fingerprint density at radius 3 is 2.21 bits per heavy atom. The van der Waals surface area contributed by atoms with E-state index in [0.29, 0.717) is 18.9 Å². The Morgan fingerprint density at radius 1 is 1.16 bits per heavy atom. The molecule has 0 spiro atoms. The normalized spacial score (nSPS) is 14.7. The lowest BCUT2D eigenvalue weighted by Crippen LogP contribution is -2.44. The summed E-state index contributed by atoms with van der Waals surface area (Å²) >= 11 is 0. The molecule has 2 unspecified atom stereocenters. The molecule has 2 nitrogen and oxygen atoms in total. The van der Waals surface area contributed by atoms with Crippen molar-refractivity contribution in [2.24, 2.45) is 5.92 Å². The largest absolute Gasteiger partial charge is 0.383 e. The minimum absolute atomic E-state index is 0.0195. The number of rotatable bonds is 7. The van der Waals surface area contributed by atoms with E-state index in [1.807, 2.05) is 6.92 Å². The second-order valence-corrected chi connectivity index (χ2v) is 5.28. The van der Waals surface area contributed by atoms with Crippen LogP contribution in [-0.2, 0) is 11.2 Å². The van der Waals surface area contributed by atoms with Crippen LogP contribution in [0.1, 0.15) is 26.3 Å². The molecule has 1 aromatic rings. The van der Waals surface area contributed by atoms with E-state index in [9.17, 15) is 8.78 Å². The molecule has 0 aliphatic heterocycles. The van der Waals surface area contributed by atoms with Gasteiger partial charge in [-0.1, -0.05) is 19.9 Å². The zero-order chi connectivity index (χ0) is 14.4. The molecule has 0 heterocycles. The summed E-state index contributed by atoms with van der Waals surface area (Å²) in [7, 11) is 1.65. The van der Waals surface area contributed by atoms with Crippen LogP contribution >= 0.6 is 0 Å². The fourth-order valence-corrected chi connectivity index (χ4v) is 2.07. The summed E-state index contributed by atoms with van der Waals surface area (Å²) in [5.41, 5.74) is 0.141. The molecule has 0 aliphatic carbocycles. The number of nitrogens with one attached hydrogen (secondary N) is 1. The summed E-state index contributed by atoms with van der Waals surface area (Å²) in [5, 5.41) is 3.36. The molecule has 0 bridgehead atoms. The van der Waals surface area contributed by atoms with Crippen LogP contribution in [0.25, 0.3) is 0 Å². The Bertz CT molecular complexity index is 375. The first-order chi connectivity index (χ1) is 8.95.